The third kappa shape index (κ3) is 3.98. The second-order valence-electron chi connectivity index (χ2n) is 3.27. The summed E-state index contributed by atoms with van der Waals surface area (Å²) in [5.74, 6) is 6.66. The van der Waals surface area contributed by atoms with E-state index in [4.69, 9.17) is 15.4 Å². The zero-order chi connectivity index (χ0) is 12.7. The molecule has 0 radical (unpaired) electrons. The van der Waals surface area contributed by atoms with E-state index in [0.717, 1.165) is 5.75 Å². The first-order valence-electron chi connectivity index (χ1n) is 4.84. The summed E-state index contributed by atoms with van der Waals surface area (Å²) in [6.07, 6.45) is 0. The maximum absolute atomic E-state index is 5.11. The van der Waals surface area contributed by atoms with E-state index in [1.807, 2.05) is 0 Å². The minimum absolute atomic E-state index is 0.263. The quantitative estimate of drug-likeness (QED) is 0.282. The van der Waals surface area contributed by atoms with Crippen LogP contribution in [0.5, 0.6) is 11.5 Å². The molecule has 0 spiro atoms. The highest BCUT2D eigenvalue weighted by Crippen LogP contribution is 2.17. The molecule has 7 heteroatoms. The molecule has 0 atom stereocenters. The van der Waals surface area contributed by atoms with Crippen molar-refractivity contribution in [3.05, 3.63) is 24.3 Å². The lowest BCUT2D eigenvalue weighted by molar-refractivity contribution is 0.311. The van der Waals surface area contributed by atoms with Crippen molar-refractivity contribution in [1.29, 1.82) is 0 Å². The molecule has 0 aromatic heterocycles. The third-order valence-electron chi connectivity index (χ3n) is 1.85. The zero-order valence-corrected chi connectivity index (χ0v) is 9.99. The summed E-state index contributed by atoms with van der Waals surface area (Å²) in [7, 11) is 5.09. The minimum Gasteiger partial charge on any atom is -0.497 e. The van der Waals surface area contributed by atoms with Crippen LogP contribution in [0, 0.1) is 0 Å². The summed E-state index contributed by atoms with van der Waals surface area (Å²) in [4.78, 5) is 6.64. The Morgan fingerprint density at radius 2 is 1.76 bits per heavy atom. The molecule has 17 heavy (non-hydrogen) atoms. The van der Waals surface area contributed by atoms with Crippen LogP contribution in [0.1, 0.15) is 0 Å². The maximum Gasteiger partial charge on any atom is 0.264 e. The number of nitrogens with zero attached hydrogens (tertiary/aromatic N) is 4. The molecule has 1 aromatic carbocycles. The number of benzene rings is 1. The average molecular weight is 237 g/mol. The molecular weight excluding hydrogens is 222 g/mol. The van der Waals surface area contributed by atoms with Gasteiger partial charge in [0.05, 0.1) is 7.11 Å². The topological polar surface area (TPSA) is 84.8 Å². The van der Waals surface area contributed by atoms with Gasteiger partial charge in [-0.25, -0.2) is 0 Å². The van der Waals surface area contributed by atoms with Crippen molar-refractivity contribution in [2.75, 3.05) is 21.2 Å². The molecule has 92 valence electrons. The fraction of sp³-hybridized carbons (Fsp3) is 0.300. The molecule has 0 aliphatic rings. The lowest BCUT2D eigenvalue weighted by Gasteiger charge is -2.07. The first-order valence-corrected chi connectivity index (χ1v) is 4.84. The van der Waals surface area contributed by atoms with Crippen LogP contribution < -0.4 is 15.4 Å². The Kier molecular flexibility index (Phi) is 4.74. The number of ether oxygens (including phenoxy) is 1. The molecule has 0 unspecified atom stereocenters. The van der Waals surface area contributed by atoms with Gasteiger partial charge in [0.15, 0.2) is 5.75 Å². The van der Waals surface area contributed by atoms with Crippen molar-refractivity contribution < 1.29 is 9.57 Å². The van der Waals surface area contributed by atoms with Gasteiger partial charge in [0.2, 0.25) is 0 Å². The van der Waals surface area contributed by atoms with Crippen LogP contribution in [0.4, 0.5) is 0 Å². The van der Waals surface area contributed by atoms with E-state index < -0.39 is 0 Å². The van der Waals surface area contributed by atoms with Crippen LogP contribution in [0.15, 0.2) is 39.8 Å². The van der Waals surface area contributed by atoms with Gasteiger partial charge in [-0.1, -0.05) is 5.11 Å². The van der Waals surface area contributed by atoms with Crippen molar-refractivity contribution in [3.8, 4) is 11.5 Å². The van der Waals surface area contributed by atoms with E-state index >= 15 is 0 Å². The number of hydrogen-bond donors (Lipinski definition) is 1. The summed E-state index contributed by atoms with van der Waals surface area (Å²) in [6, 6.07) is 6.95. The van der Waals surface area contributed by atoms with Crippen LogP contribution >= 0.6 is 0 Å². The number of hydrazone groups is 1. The molecule has 0 aliphatic carbocycles. The van der Waals surface area contributed by atoms with E-state index in [0.29, 0.717) is 5.75 Å². The molecule has 1 rings (SSSR count). The minimum atomic E-state index is 0.263. The Hall–Kier alpha value is -2.31. The molecule has 0 heterocycles. The fourth-order valence-electron chi connectivity index (χ4n) is 0.971. The fourth-order valence-corrected chi connectivity index (χ4v) is 0.971. The van der Waals surface area contributed by atoms with Crippen LogP contribution in [0.25, 0.3) is 0 Å². The van der Waals surface area contributed by atoms with Gasteiger partial charge in [0.1, 0.15) is 5.75 Å². The van der Waals surface area contributed by atoms with E-state index in [1.54, 1.807) is 50.4 Å². The van der Waals surface area contributed by atoms with E-state index in [9.17, 15) is 0 Å². The Labute approximate surface area is 99.5 Å². The number of methoxy groups -OCH3 is 1. The monoisotopic (exact) mass is 237 g/mol. The third-order valence-corrected chi connectivity index (χ3v) is 1.85. The Morgan fingerprint density at radius 3 is 2.24 bits per heavy atom. The van der Waals surface area contributed by atoms with Crippen LogP contribution in [-0.2, 0) is 0 Å². The van der Waals surface area contributed by atoms with Gasteiger partial charge in [0.25, 0.3) is 5.96 Å². The van der Waals surface area contributed by atoms with Gasteiger partial charge in [-0.15, -0.1) is 5.10 Å². The lowest BCUT2D eigenvalue weighted by atomic mass is 10.3. The summed E-state index contributed by atoms with van der Waals surface area (Å²) >= 11 is 0. The van der Waals surface area contributed by atoms with E-state index in [1.165, 1.54) is 0 Å². The molecule has 0 amide bonds. The Balaban J connectivity index is 2.57. The number of rotatable bonds is 3. The Morgan fingerprint density at radius 1 is 1.18 bits per heavy atom. The van der Waals surface area contributed by atoms with Gasteiger partial charge in [-0.2, -0.15) is 0 Å². The van der Waals surface area contributed by atoms with Gasteiger partial charge in [0, 0.05) is 19.4 Å². The van der Waals surface area contributed by atoms with Crippen LogP contribution in [0.2, 0.25) is 0 Å². The van der Waals surface area contributed by atoms with E-state index in [2.05, 4.69) is 15.5 Å². The molecule has 0 saturated heterocycles. The zero-order valence-electron chi connectivity index (χ0n) is 9.99. The first-order chi connectivity index (χ1) is 8.17. The van der Waals surface area contributed by atoms with Crippen molar-refractivity contribution in [2.24, 2.45) is 21.3 Å². The normalized spacial score (nSPS) is 11.6. The highest BCUT2D eigenvalue weighted by Gasteiger charge is 1.98. The first kappa shape index (κ1) is 12.8. The number of guanidine groups is 1. The Bertz CT molecular complexity index is 400. The van der Waals surface area contributed by atoms with Crippen molar-refractivity contribution >= 4 is 5.96 Å². The largest absolute Gasteiger partial charge is 0.497 e. The highest BCUT2D eigenvalue weighted by atomic mass is 16.6. The number of hydrogen-bond acceptors (Lipinski definition) is 5. The molecule has 0 aliphatic heterocycles. The molecule has 0 fully saturated rings. The van der Waals surface area contributed by atoms with Crippen LogP contribution in [-0.4, -0.2) is 32.1 Å². The molecule has 7 nitrogen and oxygen atoms in total. The lowest BCUT2D eigenvalue weighted by Crippen LogP contribution is -2.21. The van der Waals surface area contributed by atoms with Gasteiger partial charge in [-0.3, -0.25) is 0 Å². The summed E-state index contributed by atoms with van der Waals surface area (Å²) < 4.78 is 5.01. The average Bonchev–Trinajstić information content (AvgIpc) is 2.35. The van der Waals surface area contributed by atoms with Gasteiger partial charge >= 0.3 is 0 Å². The standard InChI is InChI=1S/C10H15N5O2/c1-15(2)10(12-11)13-14-17-9-6-4-8(16-3)5-7-9/h4-7H,11H2,1-3H3/b12-10+,14-13-. The van der Waals surface area contributed by atoms with Gasteiger partial charge < -0.3 is 20.3 Å². The van der Waals surface area contributed by atoms with Gasteiger partial charge in [-0.05, 0) is 24.3 Å². The second-order valence-corrected chi connectivity index (χ2v) is 3.27. The predicted molar refractivity (Wildman–Crippen MR) is 63.8 cm³/mol. The smallest absolute Gasteiger partial charge is 0.264 e. The van der Waals surface area contributed by atoms with Crippen molar-refractivity contribution in [1.82, 2.24) is 4.90 Å². The molecule has 1 aromatic rings. The molecule has 0 saturated carbocycles. The highest BCUT2D eigenvalue weighted by molar-refractivity contribution is 5.79. The predicted octanol–water partition coefficient (Wildman–Crippen LogP) is 1.23. The summed E-state index contributed by atoms with van der Waals surface area (Å²) in [6.45, 7) is 0. The van der Waals surface area contributed by atoms with Crippen LogP contribution in [0.3, 0.4) is 0 Å². The molecular formula is C10H15N5O2. The molecule has 2 N–H and O–H groups in total. The maximum atomic E-state index is 5.11. The van der Waals surface area contributed by atoms with Crippen molar-refractivity contribution in [3.63, 3.8) is 0 Å². The SMILES string of the molecule is COc1ccc(O/N=N\C(=N/N)N(C)C)cc1. The second kappa shape index (κ2) is 6.31. The summed E-state index contributed by atoms with van der Waals surface area (Å²) in [5, 5.41) is 10.7. The van der Waals surface area contributed by atoms with Crippen molar-refractivity contribution in [2.45, 2.75) is 0 Å². The number of nitrogens with two attached hydrogens (primary N) is 1. The molecule has 0 bridgehead atoms. The van der Waals surface area contributed by atoms with E-state index in [-0.39, 0.29) is 5.96 Å². The summed E-state index contributed by atoms with van der Waals surface area (Å²) in [5.41, 5.74) is 0.